The molecule has 0 atom stereocenters. The summed E-state index contributed by atoms with van der Waals surface area (Å²) in [5, 5.41) is 10.4. The number of hydrogen-bond donors (Lipinski definition) is 2. The number of aliphatic hydroxyl groups is 1. The maximum absolute atomic E-state index is 12.1. The molecule has 0 spiro atoms. The Morgan fingerprint density at radius 3 is 2.68 bits per heavy atom. The topological polar surface area (TPSA) is 79.3 Å². The lowest BCUT2D eigenvalue weighted by molar-refractivity contribution is 0.00945. The van der Waals surface area contributed by atoms with Crippen LogP contribution in [-0.2, 0) is 10.0 Å². The van der Waals surface area contributed by atoms with Gasteiger partial charge in [-0.05, 0) is 18.9 Å². The molecule has 0 bridgehead atoms. The van der Waals surface area contributed by atoms with Crippen LogP contribution in [0.1, 0.15) is 32.1 Å². The van der Waals surface area contributed by atoms with Gasteiger partial charge in [-0.25, -0.2) is 13.1 Å². The zero-order valence-electron chi connectivity index (χ0n) is 10.5. The summed E-state index contributed by atoms with van der Waals surface area (Å²) in [6.07, 6.45) is 6.80. The molecule has 0 aliphatic heterocycles. The first-order valence-corrected chi connectivity index (χ1v) is 8.11. The molecule has 0 amide bonds. The molecule has 1 fully saturated rings. The number of rotatable bonds is 4. The van der Waals surface area contributed by atoms with Crippen LogP contribution in [0.25, 0.3) is 0 Å². The maximum atomic E-state index is 12.1. The van der Waals surface area contributed by atoms with Crippen molar-refractivity contribution < 1.29 is 13.5 Å². The van der Waals surface area contributed by atoms with Gasteiger partial charge >= 0.3 is 0 Å². The first-order chi connectivity index (χ1) is 8.93. The minimum Gasteiger partial charge on any atom is -0.389 e. The SMILES string of the molecule is O=S(=O)(NCC1(O)CCCCC1)c1cnccc1Cl. The van der Waals surface area contributed by atoms with E-state index in [1.165, 1.54) is 18.5 Å². The van der Waals surface area contributed by atoms with E-state index in [9.17, 15) is 13.5 Å². The molecule has 1 aliphatic rings. The first-order valence-electron chi connectivity index (χ1n) is 6.25. The van der Waals surface area contributed by atoms with Crippen LogP contribution in [0.2, 0.25) is 5.02 Å². The Morgan fingerprint density at radius 1 is 1.37 bits per heavy atom. The summed E-state index contributed by atoms with van der Waals surface area (Å²) in [5.74, 6) is 0. The minimum atomic E-state index is -3.73. The number of aromatic nitrogens is 1. The predicted octanol–water partition coefficient (Wildman–Crippen LogP) is 1.71. The van der Waals surface area contributed by atoms with Crippen molar-refractivity contribution in [3.63, 3.8) is 0 Å². The number of nitrogens with zero attached hydrogens (tertiary/aromatic N) is 1. The van der Waals surface area contributed by atoms with Crippen molar-refractivity contribution in [3.8, 4) is 0 Å². The molecule has 2 N–H and O–H groups in total. The maximum Gasteiger partial charge on any atom is 0.243 e. The van der Waals surface area contributed by atoms with E-state index in [2.05, 4.69) is 9.71 Å². The van der Waals surface area contributed by atoms with E-state index in [-0.39, 0.29) is 16.5 Å². The molecule has 0 radical (unpaired) electrons. The Balaban J connectivity index is 2.08. The van der Waals surface area contributed by atoms with Gasteiger partial charge in [-0.2, -0.15) is 0 Å². The molecule has 1 aromatic heterocycles. The fourth-order valence-electron chi connectivity index (χ4n) is 2.25. The molecule has 1 heterocycles. The lowest BCUT2D eigenvalue weighted by atomic mass is 9.85. The number of nitrogens with one attached hydrogen (secondary N) is 1. The third kappa shape index (κ3) is 3.66. The quantitative estimate of drug-likeness (QED) is 0.887. The molecule has 0 aromatic carbocycles. The van der Waals surface area contributed by atoms with E-state index in [0.717, 1.165) is 19.3 Å². The van der Waals surface area contributed by atoms with Crippen molar-refractivity contribution in [1.82, 2.24) is 9.71 Å². The highest BCUT2D eigenvalue weighted by molar-refractivity contribution is 7.89. The van der Waals surface area contributed by atoms with Crippen LogP contribution in [-0.4, -0.2) is 30.7 Å². The third-order valence-corrected chi connectivity index (χ3v) is 5.27. The number of sulfonamides is 1. The van der Waals surface area contributed by atoms with Crippen LogP contribution in [0.4, 0.5) is 0 Å². The molecule has 1 aromatic rings. The molecule has 106 valence electrons. The lowest BCUT2D eigenvalue weighted by Gasteiger charge is -2.32. The molecular weight excluding hydrogens is 288 g/mol. The average molecular weight is 305 g/mol. The van der Waals surface area contributed by atoms with Gasteiger partial charge in [0.05, 0.1) is 10.6 Å². The van der Waals surface area contributed by atoms with Crippen molar-refractivity contribution in [2.45, 2.75) is 42.6 Å². The number of pyridine rings is 1. The van der Waals surface area contributed by atoms with Gasteiger partial charge in [0.25, 0.3) is 0 Å². The van der Waals surface area contributed by atoms with Crippen molar-refractivity contribution in [1.29, 1.82) is 0 Å². The van der Waals surface area contributed by atoms with Gasteiger partial charge in [-0.3, -0.25) is 4.98 Å². The fourth-order valence-corrected chi connectivity index (χ4v) is 3.80. The second-order valence-corrected chi connectivity index (χ2v) is 7.06. The third-order valence-electron chi connectivity index (χ3n) is 3.40. The number of hydrogen-bond acceptors (Lipinski definition) is 4. The van der Waals surface area contributed by atoms with E-state index >= 15 is 0 Å². The Labute approximate surface area is 118 Å². The Hall–Kier alpha value is -0.690. The van der Waals surface area contributed by atoms with Crippen LogP contribution >= 0.6 is 11.6 Å². The summed E-state index contributed by atoms with van der Waals surface area (Å²) in [4.78, 5) is 3.70. The summed E-state index contributed by atoms with van der Waals surface area (Å²) < 4.78 is 26.6. The second kappa shape index (κ2) is 5.75. The molecule has 0 saturated heterocycles. The summed E-state index contributed by atoms with van der Waals surface area (Å²) in [6, 6.07) is 1.42. The standard InChI is InChI=1S/C12H17ClN2O3S/c13-10-4-7-14-8-11(10)19(17,18)15-9-12(16)5-2-1-3-6-12/h4,7-8,15-16H,1-3,5-6,9H2. The highest BCUT2D eigenvalue weighted by Crippen LogP contribution is 2.28. The molecule has 0 unspecified atom stereocenters. The zero-order valence-corrected chi connectivity index (χ0v) is 12.0. The smallest absolute Gasteiger partial charge is 0.243 e. The van der Waals surface area contributed by atoms with Gasteiger partial charge in [0.2, 0.25) is 10.0 Å². The number of halogens is 1. The fraction of sp³-hybridized carbons (Fsp3) is 0.583. The van der Waals surface area contributed by atoms with E-state index in [1.54, 1.807) is 0 Å². The summed E-state index contributed by atoms with van der Waals surface area (Å²) in [6.45, 7) is 0.0144. The first kappa shape index (κ1) is 14.7. The van der Waals surface area contributed by atoms with Crippen LogP contribution < -0.4 is 4.72 Å². The van der Waals surface area contributed by atoms with Crippen molar-refractivity contribution in [2.24, 2.45) is 0 Å². The van der Waals surface area contributed by atoms with Crippen molar-refractivity contribution in [3.05, 3.63) is 23.5 Å². The molecule has 19 heavy (non-hydrogen) atoms. The monoisotopic (exact) mass is 304 g/mol. The van der Waals surface area contributed by atoms with Gasteiger partial charge in [0.15, 0.2) is 0 Å². The molecule has 1 saturated carbocycles. The highest BCUT2D eigenvalue weighted by atomic mass is 35.5. The second-order valence-electron chi connectivity index (χ2n) is 4.92. The van der Waals surface area contributed by atoms with Crippen molar-refractivity contribution in [2.75, 3.05) is 6.54 Å². The summed E-state index contributed by atoms with van der Waals surface area (Å²) >= 11 is 5.84. The van der Waals surface area contributed by atoms with Crippen LogP contribution in [0.15, 0.2) is 23.4 Å². The molecule has 1 aliphatic carbocycles. The van der Waals surface area contributed by atoms with Gasteiger partial charge in [-0.1, -0.05) is 30.9 Å². The van der Waals surface area contributed by atoms with E-state index in [1.807, 2.05) is 0 Å². The summed E-state index contributed by atoms with van der Waals surface area (Å²) in [7, 11) is -3.73. The normalized spacial score (nSPS) is 19.3. The predicted molar refractivity (Wildman–Crippen MR) is 72.5 cm³/mol. The van der Waals surface area contributed by atoms with Crippen molar-refractivity contribution >= 4 is 21.6 Å². The average Bonchev–Trinajstić information content (AvgIpc) is 2.38. The minimum absolute atomic E-state index is 0.0144. The van der Waals surface area contributed by atoms with Crippen LogP contribution in [0.3, 0.4) is 0 Å². The molecule has 5 nitrogen and oxygen atoms in total. The highest BCUT2D eigenvalue weighted by Gasteiger charge is 2.31. The molecule has 7 heteroatoms. The van der Waals surface area contributed by atoms with Crippen LogP contribution in [0.5, 0.6) is 0 Å². The van der Waals surface area contributed by atoms with Gasteiger partial charge < -0.3 is 5.11 Å². The lowest BCUT2D eigenvalue weighted by Crippen LogP contribution is -2.44. The van der Waals surface area contributed by atoms with Crippen LogP contribution in [0, 0.1) is 0 Å². The van der Waals surface area contributed by atoms with E-state index in [4.69, 9.17) is 11.6 Å². The Morgan fingerprint density at radius 2 is 2.05 bits per heavy atom. The van der Waals surface area contributed by atoms with E-state index < -0.39 is 15.6 Å². The van der Waals surface area contributed by atoms with Gasteiger partial charge in [0.1, 0.15) is 4.90 Å². The van der Waals surface area contributed by atoms with Gasteiger partial charge in [0, 0.05) is 18.9 Å². The zero-order chi connectivity index (χ0) is 13.9. The Bertz CT molecular complexity index is 542. The van der Waals surface area contributed by atoms with E-state index in [0.29, 0.717) is 12.8 Å². The largest absolute Gasteiger partial charge is 0.389 e. The Kier molecular flexibility index (Phi) is 4.45. The molecule has 2 rings (SSSR count). The van der Waals surface area contributed by atoms with Gasteiger partial charge in [-0.15, -0.1) is 0 Å². The molecular formula is C12H17ClN2O3S. The summed E-state index contributed by atoms with van der Waals surface area (Å²) in [5.41, 5.74) is -0.944.